The number of aliphatic carboxylic acids is 1. The van der Waals surface area contributed by atoms with Crippen molar-refractivity contribution in [2.24, 2.45) is 0 Å². The molecule has 2 rings (SSSR count). The number of aryl methyl sites for hydroxylation is 2. The Morgan fingerprint density at radius 1 is 1.35 bits per heavy atom. The van der Waals surface area contributed by atoms with Crippen molar-refractivity contribution in [1.82, 2.24) is 20.3 Å². The van der Waals surface area contributed by atoms with E-state index >= 15 is 0 Å². The molecule has 1 aromatic carbocycles. The highest BCUT2D eigenvalue weighted by molar-refractivity contribution is 5.77. The molecule has 0 saturated carbocycles. The van der Waals surface area contributed by atoms with Gasteiger partial charge in [-0.3, -0.25) is 9.59 Å². The van der Waals surface area contributed by atoms with Gasteiger partial charge in [-0.25, -0.2) is 4.68 Å². The summed E-state index contributed by atoms with van der Waals surface area (Å²) >= 11 is 0. The monoisotopic (exact) mass is 318 g/mol. The lowest BCUT2D eigenvalue weighted by molar-refractivity contribution is -0.138. The van der Waals surface area contributed by atoms with Crippen molar-refractivity contribution in [3.63, 3.8) is 0 Å². The van der Waals surface area contributed by atoms with Crippen LogP contribution >= 0.6 is 0 Å². The van der Waals surface area contributed by atoms with Crippen LogP contribution in [-0.2, 0) is 22.7 Å². The number of carbonyl (C=O) groups excluding carboxylic acids is 1. The molecule has 1 heterocycles. The molecule has 0 aliphatic heterocycles. The van der Waals surface area contributed by atoms with Crippen LogP contribution < -0.4 is 10.1 Å². The number of aromatic nitrogens is 3. The molecule has 0 aliphatic carbocycles. The minimum absolute atomic E-state index is 0.104. The number of nitrogens with zero attached hydrogens (tertiary/aromatic N) is 3. The lowest BCUT2D eigenvalue weighted by Crippen LogP contribution is -2.28. The van der Waals surface area contributed by atoms with E-state index in [1.54, 1.807) is 0 Å². The molecule has 1 amide bonds. The van der Waals surface area contributed by atoms with Gasteiger partial charge >= 0.3 is 5.97 Å². The Bertz CT molecular complexity index is 711. The Labute approximate surface area is 133 Å². The lowest BCUT2D eigenvalue weighted by atomic mass is 10.1. The molecule has 0 bridgehead atoms. The second-order valence-electron chi connectivity index (χ2n) is 5.14. The van der Waals surface area contributed by atoms with Gasteiger partial charge in [0.25, 0.3) is 5.91 Å². The number of rotatable bonds is 7. The molecule has 0 atom stereocenters. The average molecular weight is 318 g/mol. The van der Waals surface area contributed by atoms with Crippen LogP contribution in [0.15, 0.2) is 24.4 Å². The third kappa shape index (κ3) is 5.10. The molecule has 2 N–H and O–H groups in total. The van der Waals surface area contributed by atoms with E-state index in [-0.39, 0.29) is 25.6 Å². The van der Waals surface area contributed by atoms with Gasteiger partial charge in [-0.1, -0.05) is 17.3 Å². The maximum absolute atomic E-state index is 11.8. The summed E-state index contributed by atoms with van der Waals surface area (Å²) in [5.74, 6) is -0.626. The summed E-state index contributed by atoms with van der Waals surface area (Å²) in [4.78, 5) is 22.3. The van der Waals surface area contributed by atoms with Gasteiger partial charge in [0.15, 0.2) is 6.61 Å². The predicted molar refractivity (Wildman–Crippen MR) is 80.9 cm³/mol. The van der Waals surface area contributed by atoms with Crippen LogP contribution in [-0.4, -0.2) is 38.6 Å². The number of hydrogen-bond acceptors (Lipinski definition) is 5. The lowest BCUT2D eigenvalue weighted by Gasteiger charge is -2.09. The summed E-state index contributed by atoms with van der Waals surface area (Å²) in [7, 11) is 0. The highest BCUT2D eigenvalue weighted by Gasteiger charge is 2.08. The van der Waals surface area contributed by atoms with E-state index in [4.69, 9.17) is 9.84 Å². The Morgan fingerprint density at radius 3 is 2.87 bits per heavy atom. The zero-order valence-electron chi connectivity index (χ0n) is 12.9. The molecule has 0 fully saturated rings. The Hall–Kier alpha value is -2.90. The third-order valence-electron chi connectivity index (χ3n) is 3.05. The molecule has 0 spiro atoms. The fourth-order valence-electron chi connectivity index (χ4n) is 1.88. The molecular weight excluding hydrogens is 300 g/mol. The maximum Gasteiger partial charge on any atom is 0.325 e. The Morgan fingerprint density at radius 2 is 2.13 bits per heavy atom. The quantitative estimate of drug-likeness (QED) is 0.777. The van der Waals surface area contributed by atoms with E-state index in [9.17, 15) is 9.59 Å². The molecule has 8 heteroatoms. The molecule has 0 radical (unpaired) electrons. The number of carboxylic acids is 1. The molecule has 8 nitrogen and oxygen atoms in total. The first kappa shape index (κ1) is 16.5. The topological polar surface area (TPSA) is 106 Å². The molecule has 2 aromatic rings. The first-order chi connectivity index (χ1) is 10.9. The summed E-state index contributed by atoms with van der Waals surface area (Å²) in [5.41, 5.74) is 2.49. The van der Waals surface area contributed by atoms with Gasteiger partial charge in [0.2, 0.25) is 0 Å². The number of benzene rings is 1. The number of hydrogen-bond donors (Lipinski definition) is 2. The zero-order chi connectivity index (χ0) is 16.8. The summed E-state index contributed by atoms with van der Waals surface area (Å²) < 4.78 is 6.69. The van der Waals surface area contributed by atoms with Crippen LogP contribution in [0.5, 0.6) is 5.75 Å². The largest absolute Gasteiger partial charge is 0.483 e. The fraction of sp³-hybridized carbons (Fsp3) is 0.333. The van der Waals surface area contributed by atoms with Gasteiger partial charge in [-0.15, -0.1) is 5.10 Å². The van der Waals surface area contributed by atoms with Crippen LogP contribution in [0.3, 0.4) is 0 Å². The molecule has 0 unspecified atom stereocenters. The second-order valence-corrected chi connectivity index (χ2v) is 5.14. The highest BCUT2D eigenvalue weighted by Crippen LogP contribution is 2.18. The van der Waals surface area contributed by atoms with Crippen LogP contribution in [0.25, 0.3) is 0 Å². The number of carbonyl (C=O) groups is 2. The van der Waals surface area contributed by atoms with Crippen molar-refractivity contribution in [3.05, 3.63) is 41.2 Å². The van der Waals surface area contributed by atoms with Gasteiger partial charge in [0.05, 0.1) is 12.7 Å². The molecule has 122 valence electrons. The van der Waals surface area contributed by atoms with Crippen molar-refractivity contribution in [2.45, 2.75) is 26.9 Å². The molecule has 23 heavy (non-hydrogen) atoms. The SMILES string of the molecule is Cc1ccc(C)c(OCC(=O)NCc2cn(CC(=O)O)nn2)c1. The first-order valence-corrected chi connectivity index (χ1v) is 7.01. The van der Waals surface area contributed by atoms with Crippen molar-refractivity contribution in [1.29, 1.82) is 0 Å². The highest BCUT2D eigenvalue weighted by atomic mass is 16.5. The zero-order valence-corrected chi connectivity index (χ0v) is 12.9. The molecule has 0 aliphatic rings. The normalized spacial score (nSPS) is 10.3. The van der Waals surface area contributed by atoms with Crippen molar-refractivity contribution >= 4 is 11.9 Å². The van der Waals surface area contributed by atoms with Crippen LogP contribution in [0, 0.1) is 13.8 Å². The van der Waals surface area contributed by atoms with Gasteiger partial charge in [-0.2, -0.15) is 0 Å². The van der Waals surface area contributed by atoms with E-state index in [1.165, 1.54) is 10.9 Å². The summed E-state index contributed by atoms with van der Waals surface area (Å²) in [6.07, 6.45) is 1.47. The van der Waals surface area contributed by atoms with Gasteiger partial charge in [0.1, 0.15) is 18.0 Å². The molecule has 0 saturated heterocycles. The number of ether oxygens (including phenoxy) is 1. The summed E-state index contributed by atoms with van der Waals surface area (Å²) in [6, 6.07) is 5.78. The van der Waals surface area contributed by atoms with E-state index in [2.05, 4.69) is 15.6 Å². The predicted octanol–water partition coefficient (Wildman–Crippen LogP) is 0.675. The first-order valence-electron chi connectivity index (χ1n) is 7.01. The molecular formula is C15H18N4O4. The number of nitrogens with one attached hydrogen (secondary N) is 1. The summed E-state index contributed by atoms with van der Waals surface area (Å²) in [6.45, 7) is 3.65. The average Bonchev–Trinajstić information content (AvgIpc) is 2.92. The minimum atomic E-state index is -1.01. The minimum Gasteiger partial charge on any atom is -0.483 e. The number of amides is 1. The standard InChI is InChI=1S/C15H18N4O4/c1-10-3-4-11(2)13(5-10)23-9-14(20)16-6-12-7-19(18-17-12)8-15(21)22/h3-5,7H,6,8-9H2,1-2H3,(H,16,20)(H,21,22). The van der Waals surface area contributed by atoms with Gasteiger partial charge < -0.3 is 15.2 Å². The molecule has 1 aromatic heterocycles. The van der Waals surface area contributed by atoms with Crippen molar-refractivity contribution < 1.29 is 19.4 Å². The van der Waals surface area contributed by atoms with Crippen molar-refractivity contribution in [3.8, 4) is 5.75 Å². The smallest absolute Gasteiger partial charge is 0.325 e. The maximum atomic E-state index is 11.8. The third-order valence-corrected chi connectivity index (χ3v) is 3.05. The van der Waals surface area contributed by atoms with E-state index in [0.29, 0.717) is 11.4 Å². The fourth-order valence-corrected chi connectivity index (χ4v) is 1.88. The summed E-state index contributed by atoms with van der Waals surface area (Å²) in [5, 5.41) is 18.7. The van der Waals surface area contributed by atoms with Crippen LogP contribution in [0.4, 0.5) is 0 Å². The van der Waals surface area contributed by atoms with E-state index in [0.717, 1.165) is 11.1 Å². The van der Waals surface area contributed by atoms with Crippen LogP contribution in [0.1, 0.15) is 16.8 Å². The van der Waals surface area contributed by atoms with Gasteiger partial charge in [-0.05, 0) is 31.0 Å². The van der Waals surface area contributed by atoms with Gasteiger partial charge in [0, 0.05) is 0 Å². The number of carboxylic acid groups (broad SMARTS) is 1. The van der Waals surface area contributed by atoms with Crippen molar-refractivity contribution in [2.75, 3.05) is 6.61 Å². The van der Waals surface area contributed by atoms with E-state index < -0.39 is 5.97 Å². The second kappa shape index (κ2) is 7.39. The van der Waals surface area contributed by atoms with E-state index in [1.807, 2.05) is 32.0 Å². The Kier molecular flexibility index (Phi) is 5.29. The Balaban J connectivity index is 1.80. The van der Waals surface area contributed by atoms with Crippen LogP contribution in [0.2, 0.25) is 0 Å².